The SMILES string of the molecule is CC1=CN2/C=C(/c3cc4ccc(C5CCN(C)CC5)cc4oc3=O)NCC/C=C/2C=N1. The van der Waals surface area contributed by atoms with Gasteiger partial charge in [0.15, 0.2) is 0 Å². The van der Waals surface area contributed by atoms with Gasteiger partial charge in [0.25, 0.3) is 0 Å². The summed E-state index contributed by atoms with van der Waals surface area (Å²) in [4.78, 5) is 21.7. The number of likely N-dealkylation sites (tertiary alicyclic amines) is 1. The summed E-state index contributed by atoms with van der Waals surface area (Å²) < 4.78 is 5.81. The standard InChI is InChI=1S/C25H28N4O2/c1-17-15-29-16-23(26-9-3-4-21(29)14-27-17)22-12-20-6-5-19(13-24(20)31-25(22)30)18-7-10-28(2)11-8-18/h4-6,12-16,18,26H,3,7-11H2,1-2H3/b21-4+,23-16-. The molecule has 0 spiro atoms. The molecule has 31 heavy (non-hydrogen) atoms. The van der Waals surface area contributed by atoms with E-state index in [1.165, 1.54) is 5.56 Å². The zero-order chi connectivity index (χ0) is 21.4. The lowest BCUT2D eigenvalue weighted by atomic mass is 9.89. The molecule has 6 nitrogen and oxygen atoms in total. The van der Waals surface area contributed by atoms with Crippen LogP contribution in [-0.2, 0) is 0 Å². The molecule has 1 aromatic heterocycles. The molecule has 0 bridgehead atoms. The van der Waals surface area contributed by atoms with Crippen molar-refractivity contribution in [3.8, 4) is 0 Å². The highest BCUT2D eigenvalue weighted by Crippen LogP contribution is 2.30. The lowest BCUT2D eigenvalue weighted by Gasteiger charge is -2.29. The minimum absolute atomic E-state index is 0.316. The van der Waals surface area contributed by atoms with Crippen molar-refractivity contribution < 1.29 is 4.42 Å². The largest absolute Gasteiger partial charge is 0.422 e. The van der Waals surface area contributed by atoms with Gasteiger partial charge < -0.3 is 19.5 Å². The minimum Gasteiger partial charge on any atom is -0.422 e. The smallest absolute Gasteiger partial charge is 0.345 e. The van der Waals surface area contributed by atoms with Crippen molar-refractivity contribution in [3.05, 3.63) is 75.7 Å². The molecular formula is C25H28N4O2. The predicted molar refractivity (Wildman–Crippen MR) is 125 cm³/mol. The fourth-order valence-electron chi connectivity index (χ4n) is 4.50. The Morgan fingerprint density at radius 1 is 1.16 bits per heavy atom. The molecular weight excluding hydrogens is 388 g/mol. The van der Waals surface area contributed by atoms with Crippen LogP contribution in [-0.4, -0.2) is 42.7 Å². The second kappa shape index (κ2) is 8.19. The predicted octanol–water partition coefficient (Wildman–Crippen LogP) is 4.03. The normalized spacial score (nSPS) is 23.7. The number of aliphatic imine (C=N–C) groups is 1. The number of piperidine rings is 1. The Hall–Kier alpha value is -3.12. The summed E-state index contributed by atoms with van der Waals surface area (Å²) in [5.41, 5.74) is 4.86. The van der Waals surface area contributed by atoms with Crippen LogP contribution in [0.4, 0.5) is 0 Å². The molecule has 0 amide bonds. The van der Waals surface area contributed by atoms with Crippen molar-refractivity contribution >= 4 is 22.9 Å². The number of nitrogens with zero attached hydrogens (tertiary/aromatic N) is 3. The number of rotatable bonds is 2. The Bertz CT molecular complexity index is 1180. The average Bonchev–Trinajstić information content (AvgIpc) is 2.75. The minimum atomic E-state index is -0.316. The van der Waals surface area contributed by atoms with Gasteiger partial charge in [0.05, 0.1) is 28.9 Å². The second-order valence-electron chi connectivity index (χ2n) is 8.65. The number of nitrogens with one attached hydrogen (secondary N) is 1. The highest BCUT2D eigenvalue weighted by Gasteiger charge is 2.20. The molecule has 0 saturated carbocycles. The van der Waals surface area contributed by atoms with E-state index in [9.17, 15) is 4.79 Å². The fourth-order valence-corrected chi connectivity index (χ4v) is 4.50. The third-order valence-electron chi connectivity index (χ3n) is 6.35. The second-order valence-corrected chi connectivity index (χ2v) is 8.65. The highest BCUT2D eigenvalue weighted by molar-refractivity contribution is 5.83. The van der Waals surface area contributed by atoms with Crippen LogP contribution in [0, 0.1) is 0 Å². The van der Waals surface area contributed by atoms with E-state index < -0.39 is 0 Å². The molecule has 4 heterocycles. The molecule has 160 valence electrons. The van der Waals surface area contributed by atoms with Gasteiger partial charge in [-0.2, -0.15) is 0 Å². The number of hydrogen-bond acceptors (Lipinski definition) is 6. The molecule has 0 atom stereocenters. The summed E-state index contributed by atoms with van der Waals surface area (Å²) in [6.07, 6.45) is 11.1. The van der Waals surface area contributed by atoms with Gasteiger partial charge in [-0.25, -0.2) is 4.79 Å². The van der Waals surface area contributed by atoms with E-state index in [-0.39, 0.29) is 5.63 Å². The van der Waals surface area contributed by atoms with Crippen LogP contribution in [0.15, 0.2) is 68.3 Å². The molecule has 1 saturated heterocycles. The zero-order valence-electron chi connectivity index (χ0n) is 18.1. The maximum Gasteiger partial charge on any atom is 0.345 e. The molecule has 1 aromatic carbocycles. The first-order valence-electron chi connectivity index (χ1n) is 11.0. The monoisotopic (exact) mass is 416 g/mol. The Morgan fingerprint density at radius 3 is 2.84 bits per heavy atom. The van der Waals surface area contributed by atoms with Gasteiger partial charge in [-0.3, -0.25) is 4.99 Å². The van der Waals surface area contributed by atoms with E-state index in [1.807, 2.05) is 36.5 Å². The van der Waals surface area contributed by atoms with Crippen molar-refractivity contribution in [1.29, 1.82) is 0 Å². The van der Waals surface area contributed by atoms with Crippen LogP contribution in [0.5, 0.6) is 0 Å². The van der Waals surface area contributed by atoms with Crippen LogP contribution in [0.1, 0.15) is 43.2 Å². The Kier molecular flexibility index (Phi) is 5.24. The summed E-state index contributed by atoms with van der Waals surface area (Å²) in [5, 5.41) is 4.34. The van der Waals surface area contributed by atoms with Gasteiger partial charge in [-0.05, 0) is 69.9 Å². The summed E-state index contributed by atoms with van der Waals surface area (Å²) >= 11 is 0. The summed E-state index contributed by atoms with van der Waals surface area (Å²) in [7, 11) is 2.17. The summed E-state index contributed by atoms with van der Waals surface area (Å²) in [6, 6.07) is 8.28. The van der Waals surface area contributed by atoms with E-state index in [1.54, 1.807) is 0 Å². The molecule has 0 aliphatic carbocycles. The van der Waals surface area contributed by atoms with E-state index >= 15 is 0 Å². The molecule has 3 aliphatic heterocycles. The Labute approximate surface area is 182 Å². The first kappa shape index (κ1) is 19.8. The number of fused-ring (bicyclic) bond motifs is 2. The number of benzene rings is 1. The maximum absolute atomic E-state index is 13.0. The zero-order valence-corrected chi connectivity index (χ0v) is 18.1. The van der Waals surface area contributed by atoms with Gasteiger partial charge in [0, 0.05) is 24.3 Å². The molecule has 5 rings (SSSR count). The van der Waals surface area contributed by atoms with Crippen LogP contribution >= 0.6 is 0 Å². The lowest BCUT2D eigenvalue weighted by Crippen LogP contribution is -2.29. The van der Waals surface area contributed by atoms with Crippen molar-refractivity contribution in [2.75, 3.05) is 26.7 Å². The maximum atomic E-state index is 13.0. The molecule has 0 unspecified atom stereocenters. The van der Waals surface area contributed by atoms with Crippen LogP contribution in [0.25, 0.3) is 16.7 Å². The number of allylic oxidation sites excluding steroid dienone is 2. The average molecular weight is 417 g/mol. The number of hydrogen-bond donors (Lipinski definition) is 1. The van der Waals surface area contributed by atoms with Gasteiger partial charge in [0.2, 0.25) is 0 Å². The Balaban J connectivity index is 1.50. The van der Waals surface area contributed by atoms with E-state index in [2.05, 4.69) is 46.5 Å². The first-order chi connectivity index (χ1) is 15.1. The topological polar surface area (TPSA) is 61.1 Å². The third-order valence-corrected chi connectivity index (χ3v) is 6.35. The first-order valence-corrected chi connectivity index (χ1v) is 11.0. The van der Waals surface area contributed by atoms with Gasteiger partial charge in [-0.15, -0.1) is 0 Å². The van der Waals surface area contributed by atoms with Crippen molar-refractivity contribution in [1.82, 2.24) is 15.1 Å². The quantitative estimate of drug-likeness (QED) is 0.749. The van der Waals surface area contributed by atoms with E-state index in [4.69, 9.17) is 4.42 Å². The van der Waals surface area contributed by atoms with Gasteiger partial charge in [-0.1, -0.05) is 18.2 Å². The van der Waals surface area contributed by atoms with Crippen LogP contribution in [0.2, 0.25) is 0 Å². The van der Waals surface area contributed by atoms with E-state index in [0.29, 0.717) is 17.1 Å². The van der Waals surface area contributed by atoms with Gasteiger partial charge in [0.1, 0.15) is 5.58 Å². The fraction of sp³-hybridized carbons (Fsp3) is 0.360. The van der Waals surface area contributed by atoms with Crippen molar-refractivity contribution in [3.63, 3.8) is 0 Å². The lowest BCUT2D eigenvalue weighted by molar-refractivity contribution is 0.255. The Morgan fingerprint density at radius 2 is 2.00 bits per heavy atom. The van der Waals surface area contributed by atoms with Crippen LogP contribution in [0.3, 0.4) is 0 Å². The molecule has 1 N–H and O–H groups in total. The molecule has 2 aromatic rings. The molecule has 1 fully saturated rings. The van der Waals surface area contributed by atoms with Crippen molar-refractivity contribution in [2.24, 2.45) is 4.99 Å². The third kappa shape index (κ3) is 4.08. The summed E-state index contributed by atoms with van der Waals surface area (Å²) in [5.74, 6) is 0.529. The highest BCUT2D eigenvalue weighted by atomic mass is 16.4. The van der Waals surface area contributed by atoms with Gasteiger partial charge >= 0.3 is 5.63 Å². The van der Waals surface area contributed by atoms with Crippen molar-refractivity contribution in [2.45, 2.75) is 32.1 Å². The molecule has 6 heteroatoms. The summed E-state index contributed by atoms with van der Waals surface area (Å²) in [6.45, 7) is 4.92. The van der Waals surface area contributed by atoms with E-state index in [0.717, 1.165) is 61.4 Å². The van der Waals surface area contributed by atoms with Crippen LogP contribution < -0.4 is 10.9 Å². The molecule has 3 aliphatic rings. The molecule has 0 radical (unpaired) electrons.